The van der Waals surface area contributed by atoms with Crippen LogP contribution in [0, 0.1) is 0 Å². The number of amides is 3. The highest BCUT2D eigenvalue weighted by Crippen LogP contribution is 2.27. The van der Waals surface area contributed by atoms with E-state index < -0.39 is 23.9 Å². The van der Waals surface area contributed by atoms with E-state index in [0.717, 1.165) is 5.69 Å². The van der Waals surface area contributed by atoms with E-state index in [1.807, 2.05) is 20.8 Å². The van der Waals surface area contributed by atoms with Gasteiger partial charge in [-0.2, -0.15) is 5.10 Å². The van der Waals surface area contributed by atoms with Gasteiger partial charge < -0.3 is 20.9 Å². The second-order valence-corrected chi connectivity index (χ2v) is 9.68. The number of aryl methyl sites for hydroxylation is 1. The fraction of sp³-hybridized carbons (Fsp3) is 0.455. The largest absolute Gasteiger partial charge is 0.351 e. The van der Waals surface area contributed by atoms with Crippen LogP contribution in [-0.2, 0) is 17.3 Å². The molecule has 11 heteroatoms. The Morgan fingerprint density at radius 1 is 1.09 bits per heavy atom. The number of carbonyl (C=O) groups excluding carboxylic acids is 3. The Bertz CT molecular complexity index is 1080. The monoisotopic (exact) mass is 494 g/mol. The van der Waals surface area contributed by atoms with Gasteiger partial charge in [0, 0.05) is 44.2 Å². The van der Waals surface area contributed by atoms with E-state index in [0.29, 0.717) is 10.7 Å². The highest BCUT2D eigenvalue weighted by Gasteiger charge is 2.44. The van der Waals surface area contributed by atoms with Crippen molar-refractivity contribution in [3.63, 3.8) is 0 Å². The number of hydrogen-bond acceptors (Lipinski definition) is 5. The summed E-state index contributed by atoms with van der Waals surface area (Å²) < 4.78 is 1.50. The summed E-state index contributed by atoms with van der Waals surface area (Å²) >= 11 is 12.0. The Kier molecular flexibility index (Phi) is 7.36. The van der Waals surface area contributed by atoms with Gasteiger partial charge in [-0.05, 0) is 24.3 Å². The van der Waals surface area contributed by atoms with Crippen molar-refractivity contribution in [3.8, 4) is 0 Å². The SMILES string of the molecule is Cn1nc(C(C)(C)C)cc1C(=O)N1CCN(C(=O)c2ccc(Cl)c(Cl)c2)C1C(=O)NCCN. The third-order valence-electron chi connectivity index (χ3n) is 5.41. The second kappa shape index (κ2) is 9.70. The number of nitrogens with two attached hydrogens (primary N) is 1. The fourth-order valence-corrected chi connectivity index (χ4v) is 3.90. The summed E-state index contributed by atoms with van der Waals surface area (Å²) in [6.07, 6.45) is -1.14. The summed E-state index contributed by atoms with van der Waals surface area (Å²) in [5, 5.41) is 7.69. The molecule has 0 radical (unpaired) electrons. The summed E-state index contributed by atoms with van der Waals surface area (Å²) in [5.41, 5.74) is 6.62. The van der Waals surface area contributed by atoms with Gasteiger partial charge in [0.15, 0.2) is 6.17 Å². The van der Waals surface area contributed by atoms with Crippen molar-refractivity contribution < 1.29 is 14.4 Å². The molecule has 3 rings (SSSR count). The van der Waals surface area contributed by atoms with E-state index in [9.17, 15) is 14.4 Å². The molecule has 178 valence electrons. The van der Waals surface area contributed by atoms with Crippen LogP contribution in [-0.4, -0.2) is 69.6 Å². The van der Waals surface area contributed by atoms with Crippen LogP contribution in [0.3, 0.4) is 0 Å². The zero-order valence-corrected chi connectivity index (χ0v) is 20.6. The lowest BCUT2D eigenvalue weighted by atomic mass is 9.92. The zero-order valence-electron chi connectivity index (χ0n) is 19.1. The molecular formula is C22H28Cl2N6O3. The van der Waals surface area contributed by atoms with Gasteiger partial charge >= 0.3 is 0 Å². The predicted octanol–water partition coefficient (Wildman–Crippen LogP) is 2.02. The molecule has 1 atom stereocenters. The minimum atomic E-state index is -1.14. The van der Waals surface area contributed by atoms with Gasteiger partial charge in [-0.15, -0.1) is 0 Å². The first kappa shape index (κ1) is 25.0. The Balaban J connectivity index is 1.95. The Morgan fingerprint density at radius 3 is 2.27 bits per heavy atom. The van der Waals surface area contributed by atoms with Crippen LogP contribution >= 0.6 is 23.2 Å². The van der Waals surface area contributed by atoms with Crippen LogP contribution in [0.1, 0.15) is 47.3 Å². The average Bonchev–Trinajstić information content (AvgIpc) is 3.37. The van der Waals surface area contributed by atoms with Crippen LogP contribution in [0.25, 0.3) is 0 Å². The van der Waals surface area contributed by atoms with E-state index in [1.165, 1.54) is 32.7 Å². The van der Waals surface area contributed by atoms with Crippen molar-refractivity contribution in [1.29, 1.82) is 0 Å². The molecule has 1 aromatic carbocycles. The molecule has 0 spiro atoms. The minimum absolute atomic E-state index is 0.176. The van der Waals surface area contributed by atoms with Gasteiger partial charge in [-0.1, -0.05) is 44.0 Å². The Hall–Kier alpha value is -2.62. The lowest BCUT2D eigenvalue weighted by molar-refractivity contribution is -0.128. The number of aromatic nitrogens is 2. The van der Waals surface area contributed by atoms with Crippen molar-refractivity contribution in [1.82, 2.24) is 24.9 Å². The molecule has 3 amide bonds. The highest BCUT2D eigenvalue weighted by molar-refractivity contribution is 6.42. The van der Waals surface area contributed by atoms with Gasteiger partial charge in [0.1, 0.15) is 5.69 Å². The minimum Gasteiger partial charge on any atom is -0.351 e. The van der Waals surface area contributed by atoms with E-state index in [-0.39, 0.29) is 42.2 Å². The summed E-state index contributed by atoms with van der Waals surface area (Å²) in [4.78, 5) is 42.5. The van der Waals surface area contributed by atoms with Crippen LogP contribution < -0.4 is 11.1 Å². The summed E-state index contributed by atoms with van der Waals surface area (Å²) in [6, 6.07) is 6.22. The van der Waals surface area contributed by atoms with Crippen molar-refractivity contribution in [2.45, 2.75) is 32.4 Å². The molecule has 0 saturated carbocycles. The summed E-state index contributed by atoms with van der Waals surface area (Å²) in [5.74, 6) is -1.31. The van der Waals surface area contributed by atoms with Gasteiger partial charge in [-0.25, -0.2) is 0 Å². The molecule has 2 heterocycles. The number of carbonyl (C=O) groups is 3. The molecule has 0 bridgehead atoms. The van der Waals surface area contributed by atoms with Crippen LogP contribution in [0.15, 0.2) is 24.3 Å². The number of halogens is 2. The first-order chi connectivity index (χ1) is 15.5. The molecule has 1 aliphatic rings. The third-order valence-corrected chi connectivity index (χ3v) is 6.14. The predicted molar refractivity (Wildman–Crippen MR) is 126 cm³/mol. The molecule has 9 nitrogen and oxygen atoms in total. The van der Waals surface area contributed by atoms with E-state index in [4.69, 9.17) is 28.9 Å². The topological polar surface area (TPSA) is 114 Å². The number of hydrogen-bond donors (Lipinski definition) is 2. The maximum Gasteiger partial charge on any atom is 0.274 e. The number of nitrogens with zero attached hydrogens (tertiary/aromatic N) is 4. The van der Waals surface area contributed by atoms with Crippen molar-refractivity contribution >= 4 is 40.9 Å². The number of benzene rings is 1. The molecule has 1 aromatic heterocycles. The Morgan fingerprint density at radius 2 is 1.73 bits per heavy atom. The van der Waals surface area contributed by atoms with Gasteiger partial charge in [0.2, 0.25) is 0 Å². The average molecular weight is 495 g/mol. The van der Waals surface area contributed by atoms with Gasteiger partial charge in [0.05, 0.1) is 15.7 Å². The molecule has 1 saturated heterocycles. The van der Waals surface area contributed by atoms with Crippen molar-refractivity contribution in [2.75, 3.05) is 26.2 Å². The van der Waals surface area contributed by atoms with Crippen molar-refractivity contribution in [3.05, 3.63) is 51.3 Å². The summed E-state index contributed by atoms with van der Waals surface area (Å²) in [6.45, 7) is 6.80. The zero-order chi connectivity index (χ0) is 24.5. The molecular weight excluding hydrogens is 467 g/mol. The van der Waals surface area contributed by atoms with Gasteiger partial charge in [-0.3, -0.25) is 19.1 Å². The normalized spacial score (nSPS) is 16.3. The Labute approximate surface area is 202 Å². The van der Waals surface area contributed by atoms with Crippen LogP contribution in [0.2, 0.25) is 10.0 Å². The first-order valence-corrected chi connectivity index (χ1v) is 11.3. The van der Waals surface area contributed by atoms with E-state index in [2.05, 4.69) is 10.4 Å². The number of rotatable bonds is 5. The highest BCUT2D eigenvalue weighted by atomic mass is 35.5. The fourth-order valence-electron chi connectivity index (χ4n) is 3.60. The maximum absolute atomic E-state index is 13.5. The molecule has 1 aliphatic heterocycles. The van der Waals surface area contributed by atoms with E-state index >= 15 is 0 Å². The molecule has 1 fully saturated rings. The first-order valence-electron chi connectivity index (χ1n) is 10.5. The van der Waals surface area contributed by atoms with Crippen molar-refractivity contribution in [2.24, 2.45) is 12.8 Å². The smallest absolute Gasteiger partial charge is 0.274 e. The second-order valence-electron chi connectivity index (χ2n) is 8.87. The molecule has 1 unspecified atom stereocenters. The molecule has 2 aromatic rings. The molecule has 33 heavy (non-hydrogen) atoms. The van der Waals surface area contributed by atoms with E-state index in [1.54, 1.807) is 13.1 Å². The van der Waals surface area contributed by atoms with Crippen LogP contribution in [0.4, 0.5) is 0 Å². The maximum atomic E-state index is 13.5. The summed E-state index contributed by atoms with van der Waals surface area (Å²) in [7, 11) is 1.68. The molecule has 0 aliphatic carbocycles. The third kappa shape index (κ3) is 5.15. The number of nitrogens with one attached hydrogen (secondary N) is 1. The standard InChI is InChI=1S/C22H28Cl2N6O3/c1-22(2,3)17-12-16(28(4)27-17)21(33)30-10-9-29(19(30)18(31)26-8-7-25)20(32)13-5-6-14(23)15(24)11-13/h5-6,11-12,19H,7-10,25H2,1-4H3,(H,26,31). The quantitative estimate of drug-likeness (QED) is 0.659. The lowest BCUT2D eigenvalue weighted by Crippen LogP contribution is -2.54. The molecule has 3 N–H and O–H groups in total. The van der Waals surface area contributed by atoms with Crippen LogP contribution in [0.5, 0.6) is 0 Å². The van der Waals surface area contributed by atoms with Gasteiger partial charge in [0.25, 0.3) is 17.7 Å². The lowest BCUT2D eigenvalue weighted by Gasteiger charge is -2.29.